The van der Waals surface area contributed by atoms with Crippen LogP contribution in [0.15, 0.2) is 9.59 Å². The van der Waals surface area contributed by atoms with Gasteiger partial charge in [0, 0.05) is 26.4 Å². The highest BCUT2D eigenvalue weighted by molar-refractivity contribution is 5.60. The minimum absolute atomic E-state index is 0.125. The molecule has 0 aromatic carbocycles. The number of aromatic nitrogens is 2. The highest BCUT2D eigenvalue weighted by atomic mass is 16.5. The van der Waals surface area contributed by atoms with Crippen LogP contribution in [-0.2, 0) is 16.0 Å². The molecule has 1 aromatic rings. The molecule has 0 bridgehead atoms. The first-order valence-corrected chi connectivity index (χ1v) is 6.59. The van der Waals surface area contributed by atoms with Crippen molar-refractivity contribution in [2.45, 2.75) is 25.4 Å². The summed E-state index contributed by atoms with van der Waals surface area (Å²) >= 11 is 0. The molecule has 0 aliphatic carbocycles. The van der Waals surface area contributed by atoms with E-state index in [1.54, 1.807) is 0 Å². The smallest absolute Gasteiger partial charge is 0.330 e. The zero-order chi connectivity index (χ0) is 14.5. The molecule has 1 saturated heterocycles. The van der Waals surface area contributed by atoms with Crippen LogP contribution >= 0.6 is 0 Å². The van der Waals surface area contributed by atoms with E-state index in [0.717, 1.165) is 12.8 Å². The van der Waals surface area contributed by atoms with Gasteiger partial charge >= 0.3 is 5.69 Å². The number of ether oxygens (including phenoxy) is 2. The highest BCUT2D eigenvalue weighted by Crippen LogP contribution is 2.16. The van der Waals surface area contributed by atoms with Gasteiger partial charge in [-0.15, -0.1) is 0 Å². The van der Waals surface area contributed by atoms with E-state index in [-0.39, 0.29) is 17.5 Å². The lowest BCUT2D eigenvalue weighted by Gasteiger charge is -2.24. The summed E-state index contributed by atoms with van der Waals surface area (Å²) in [7, 11) is 1.54. The molecule has 1 aromatic heterocycles. The second-order valence-corrected chi connectivity index (χ2v) is 4.69. The number of anilines is 2. The number of nitrogens with two attached hydrogens (primary N) is 1. The van der Waals surface area contributed by atoms with E-state index in [0.29, 0.717) is 26.4 Å². The van der Waals surface area contributed by atoms with Gasteiger partial charge < -0.3 is 20.5 Å². The SMILES string of the molecule is COCCn1c(N)c(NC2CCOCC2)c(=O)[nH]c1=O. The molecule has 1 fully saturated rings. The lowest BCUT2D eigenvalue weighted by atomic mass is 10.1. The van der Waals surface area contributed by atoms with Crippen LogP contribution < -0.4 is 22.3 Å². The molecule has 2 rings (SSSR count). The summed E-state index contributed by atoms with van der Waals surface area (Å²) in [6, 6.07) is 0.125. The van der Waals surface area contributed by atoms with E-state index in [9.17, 15) is 9.59 Å². The predicted octanol–water partition coefficient (Wildman–Crippen LogP) is -0.644. The number of hydrogen-bond acceptors (Lipinski definition) is 6. The monoisotopic (exact) mass is 284 g/mol. The zero-order valence-electron chi connectivity index (χ0n) is 11.5. The van der Waals surface area contributed by atoms with Crippen molar-refractivity contribution in [2.75, 3.05) is 38.0 Å². The fraction of sp³-hybridized carbons (Fsp3) is 0.667. The molecular weight excluding hydrogens is 264 g/mol. The van der Waals surface area contributed by atoms with Gasteiger partial charge in [0.05, 0.1) is 13.2 Å². The van der Waals surface area contributed by atoms with Gasteiger partial charge in [-0.05, 0) is 12.8 Å². The Balaban J connectivity index is 2.26. The van der Waals surface area contributed by atoms with Crippen LogP contribution in [0.4, 0.5) is 11.5 Å². The number of hydrogen-bond donors (Lipinski definition) is 3. The van der Waals surface area contributed by atoms with Gasteiger partial charge in [-0.25, -0.2) is 4.79 Å². The van der Waals surface area contributed by atoms with Gasteiger partial charge in [0.1, 0.15) is 11.5 Å². The average molecular weight is 284 g/mol. The third-order valence-electron chi connectivity index (χ3n) is 3.33. The van der Waals surface area contributed by atoms with Crippen LogP contribution in [0, 0.1) is 0 Å². The second-order valence-electron chi connectivity index (χ2n) is 4.69. The summed E-state index contributed by atoms with van der Waals surface area (Å²) in [5.41, 5.74) is 5.16. The van der Waals surface area contributed by atoms with Crippen molar-refractivity contribution in [3.63, 3.8) is 0 Å². The molecular formula is C12H20N4O4. The first kappa shape index (κ1) is 14.6. The quantitative estimate of drug-likeness (QED) is 0.663. The van der Waals surface area contributed by atoms with Crippen LogP contribution in [0.2, 0.25) is 0 Å². The third kappa shape index (κ3) is 3.20. The molecule has 0 saturated carbocycles. The van der Waals surface area contributed by atoms with Crippen molar-refractivity contribution < 1.29 is 9.47 Å². The summed E-state index contributed by atoms with van der Waals surface area (Å²) in [6.07, 6.45) is 1.60. The molecule has 0 atom stereocenters. The molecule has 4 N–H and O–H groups in total. The molecule has 0 unspecified atom stereocenters. The Labute approximate surface area is 115 Å². The maximum absolute atomic E-state index is 11.9. The summed E-state index contributed by atoms with van der Waals surface area (Å²) in [6.45, 7) is 1.94. The van der Waals surface area contributed by atoms with E-state index in [2.05, 4.69) is 10.3 Å². The van der Waals surface area contributed by atoms with Crippen LogP contribution in [0.5, 0.6) is 0 Å². The average Bonchev–Trinajstić information content (AvgIpc) is 2.44. The first-order valence-electron chi connectivity index (χ1n) is 6.59. The number of rotatable bonds is 5. The van der Waals surface area contributed by atoms with Gasteiger partial charge in [-0.1, -0.05) is 0 Å². The first-order chi connectivity index (χ1) is 9.63. The van der Waals surface area contributed by atoms with Crippen LogP contribution in [0.25, 0.3) is 0 Å². The normalized spacial score (nSPS) is 16.2. The molecule has 8 nitrogen and oxygen atoms in total. The summed E-state index contributed by atoms with van der Waals surface area (Å²) in [4.78, 5) is 25.9. The molecule has 0 radical (unpaired) electrons. The van der Waals surface area contributed by atoms with Gasteiger partial charge in [0.15, 0.2) is 0 Å². The number of nitrogens with zero attached hydrogens (tertiary/aromatic N) is 1. The summed E-state index contributed by atoms with van der Waals surface area (Å²) < 4.78 is 11.5. The van der Waals surface area contributed by atoms with Gasteiger partial charge in [-0.2, -0.15) is 0 Å². The van der Waals surface area contributed by atoms with Gasteiger partial charge in [-0.3, -0.25) is 14.3 Å². The molecule has 20 heavy (non-hydrogen) atoms. The van der Waals surface area contributed by atoms with Crippen molar-refractivity contribution in [3.8, 4) is 0 Å². The van der Waals surface area contributed by atoms with Crippen LogP contribution in [0.1, 0.15) is 12.8 Å². The molecule has 0 amide bonds. The Bertz CT molecular complexity index is 560. The topological polar surface area (TPSA) is 111 Å². The lowest BCUT2D eigenvalue weighted by Crippen LogP contribution is -2.37. The predicted molar refractivity (Wildman–Crippen MR) is 75.1 cm³/mol. The van der Waals surface area contributed by atoms with E-state index >= 15 is 0 Å². The second kappa shape index (κ2) is 6.58. The zero-order valence-corrected chi connectivity index (χ0v) is 11.5. The molecule has 2 heterocycles. The van der Waals surface area contributed by atoms with Crippen molar-refractivity contribution in [1.82, 2.24) is 9.55 Å². The molecule has 1 aliphatic rings. The van der Waals surface area contributed by atoms with E-state index in [4.69, 9.17) is 15.2 Å². The van der Waals surface area contributed by atoms with Crippen LogP contribution in [0.3, 0.4) is 0 Å². The number of nitrogen functional groups attached to an aromatic ring is 1. The van der Waals surface area contributed by atoms with E-state index in [1.165, 1.54) is 11.7 Å². The van der Waals surface area contributed by atoms with Crippen molar-refractivity contribution in [1.29, 1.82) is 0 Å². The minimum Gasteiger partial charge on any atom is -0.383 e. The Morgan fingerprint density at radius 3 is 2.80 bits per heavy atom. The third-order valence-corrected chi connectivity index (χ3v) is 3.33. The fourth-order valence-electron chi connectivity index (χ4n) is 2.18. The number of methoxy groups -OCH3 is 1. The standard InChI is InChI=1S/C12H20N4O4/c1-19-7-4-16-10(13)9(11(17)15-12(16)18)14-8-2-5-20-6-3-8/h8,14H,2-7,13H2,1H3,(H,15,17,18). The lowest BCUT2D eigenvalue weighted by molar-refractivity contribution is 0.0904. The van der Waals surface area contributed by atoms with Crippen molar-refractivity contribution >= 4 is 11.5 Å². The Hall–Kier alpha value is -1.80. The molecule has 112 valence electrons. The van der Waals surface area contributed by atoms with Crippen molar-refractivity contribution in [2.24, 2.45) is 0 Å². The van der Waals surface area contributed by atoms with Crippen molar-refractivity contribution in [3.05, 3.63) is 20.8 Å². The van der Waals surface area contributed by atoms with Gasteiger partial charge in [0.2, 0.25) is 0 Å². The summed E-state index contributed by atoms with van der Waals surface area (Å²) in [5, 5.41) is 3.11. The Morgan fingerprint density at radius 1 is 1.45 bits per heavy atom. The number of aromatic amines is 1. The maximum atomic E-state index is 11.9. The minimum atomic E-state index is -0.526. The molecule has 8 heteroatoms. The molecule has 0 spiro atoms. The number of nitrogens with one attached hydrogen (secondary N) is 2. The van der Waals surface area contributed by atoms with E-state index in [1.807, 2.05) is 0 Å². The highest BCUT2D eigenvalue weighted by Gasteiger charge is 2.18. The summed E-state index contributed by atoms with van der Waals surface area (Å²) in [5.74, 6) is 0.141. The van der Waals surface area contributed by atoms with E-state index < -0.39 is 11.2 Å². The Kier molecular flexibility index (Phi) is 4.80. The maximum Gasteiger partial charge on any atom is 0.330 e. The fourth-order valence-corrected chi connectivity index (χ4v) is 2.18. The van der Waals surface area contributed by atoms with Gasteiger partial charge in [0.25, 0.3) is 5.56 Å². The molecule has 1 aliphatic heterocycles. The number of H-pyrrole nitrogens is 1. The largest absolute Gasteiger partial charge is 0.383 e. The Morgan fingerprint density at radius 2 is 2.15 bits per heavy atom. The van der Waals surface area contributed by atoms with Crippen LogP contribution in [-0.4, -0.2) is 42.5 Å².